The number of ether oxygens (including phenoxy) is 1. The molecule has 1 aliphatic heterocycles. The summed E-state index contributed by atoms with van der Waals surface area (Å²) in [7, 11) is -1.90. The molecule has 1 heterocycles. The number of amides is 1. The van der Waals surface area contributed by atoms with E-state index in [0.717, 1.165) is 24.8 Å². The molecule has 3 rings (SSSR count). The van der Waals surface area contributed by atoms with E-state index >= 15 is 0 Å². The molecule has 1 amide bonds. The Balaban J connectivity index is 1.66. The lowest BCUT2D eigenvalue weighted by Gasteiger charge is -2.25. The third-order valence-corrected chi connectivity index (χ3v) is 6.53. The van der Waals surface area contributed by atoms with Gasteiger partial charge in [0.2, 0.25) is 15.9 Å². The quantitative estimate of drug-likeness (QED) is 0.825. The number of benzene rings is 2. The zero-order chi connectivity index (χ0) is 19.3. The average molecular weight is 388 g/mol. The molecule has 6 nitrogen and oxygen atoms in total. The highest BCUT2D eigenvalue weighted by atomic mass is 32.2. The van der Waals surface area contributed by atoms with Crippen molar-refractivity contribution in [3.8, 4) is 5.75 Å². The smallest absolute Gasteiger partial charge is 0.243 e. The van der Waals surface area contributed by atoms with Gasteiger partial charge in [0.1, 0.15) is 5.75 Å². The van der Waals surface area contributed by atoms with Crippen LogP contribution in [0.25, 0.3) is 0 Å². The van der Waals surface area contributed by atoms with Crippen molar-refractivity contribution in [3.63, 3.8) is 0 Å². The fourth-order valence-electron chi connectivity index (χ4n) is 3.16. The fourth-order valence-corrected chi connectivity index (χ4v) is 4.68. The van der Waals surface area contributed by atoms with E-state index in [9.17, 15) is 13.2 Å². The molecule has 144 valence electrons. The van der Waals surface area contributed by atoms with Gasteiger partial charge in [-0.3, -0.25) is 4.79 Å². The number of anilines is 1. The van der Waals surface area contributed by atoms with E-state index < -0.39 is 10.0 Å². The monoisotopic (exact) mass is 388 g/mol. The van der Waals surface area contributed by atoms with Crippen LogP contribution in [-0.4, -0.2) is 38.8 Å². The lowest BCUT2D eigenvalue weighted by Crippen LogP contribution is -2.35. The summed E-state index contributed by atoms with van der Waals surface area (Å²) in [4.78, 5) is 12.6. The Morgan fingerprint density at radius 1 is 1.04 bits per heavy atom. The van der Waals surface area contributed by atoms with Crippen LogP contribution in [0.2, 0.25) is 0 Å². The lowest BCUT2D eigenvalue weighted by atomic mass is 10.1. The van der Waals surface area contributed by atoms with Gasteiger partial charge in [0.05, 0.1) is 24.1 Å². The Morgan fingerprint density at radius 2 is 1.70 bits per heavy atom. The van der Waals surface area contributed by atoms with Crippen LogP contribution in [0, 0.1) is 0 Å². The molecule has 2 aromatic carbocycles. The van der Waals surface area contributed by atoms with Crippen LogP contribution in [-0.2, 0) is 21.2 Å². The number of methoxy groups -OCH3 is 1. The minimum Gasteiger partial charge on any atom is -0.495 e. The Hall–Kier alpha value is -2.38. The van der Waals surface area contributed by atoms with Gasteiger partial charge in [-0.25, -0.2) is 8.42 Å². The van der Waals surface area contributed by atoms with E-state index in [1.54, 1.807) is 47.8 Å². The summed E-state index contributed by atoms with van der Waals surface area (Å²) >= 11 is 0. The minimum atomic E-state index is -3.45. The maximum Gasteiger partial charge on any atom is 0.243 e. The predicted molar refractivity (Wildman–Crippen MR) is 104 cm³/mol. The third kappa shape index (κ3) is 4.67. The number of para-hydroxylation sites is 2. The number of sulfonamides is 1. The second kappa shape index (κ2) is 8.54. The number of rotatable bonds is 6. The lowest BCUT2D eigenvalue weighted by molar-refractivity contribution is -0.115. The SMILES string of the molecule is COc1ccccc1NC(=O)Cc1ccc(S(=O)(=O)N2CCCCC2)cc1. The number of piperidine rings is 1. The molecule has 0 spiro atoms. The Bertz CT molecular complexity index is 888. The van der Waals surface area contributed by atoms with Crippen LogP contribution in [0.5, 0.6) is 5.75 Å². The number of hydrogen-bond donors (Lipinski definition) is 1. The molecule has 1 N–H and O–H groups in total. The van der Waals surface area contributed by atoms with Crippen molar-refractivity contribution in [1.29, 1.82) is 0 Å². The summed E-state index contributed by atoms with van der Waals surface area (Å²) in [6.45, 7) is 1.15. The molecule has 0 bridgehead atoms. The van der Waals surface area contributed by atoms with E-state index in [1.807, 2.05) is 12.1 Å². The van der Waals surface area contributed by atoms with Gasteiger partial charge in [0.15, 0.2) is 0 Å². The van der Waals surface area contributed by atoms with Gasteiger partial charge in [-0.15, -0.1) is 0 Å². The summed E-state index contributed by atoms with van der Waals surface area (Å²) in [5, 5.41) is 2.82. The zero-order valence-corrected chi connectivity index (χ0v) is 16.2. The first kappa shape index (κ1) is 19.4. The number of carbonyl (C=O) groups is 1. The maximum atomic E-state index is 12.7. The minimum absolute atomic E-state index is 0.155. The molecule has 0 atom stereocenters. The van der Waals surface area contributed by atoms with Crippen molar-refractivity contribution in [2.75, 3.05) is 25.5 Å². The second-order valence-corrected chi connectivity index (χ2v) is 8.47. The summed E-state index contributed by atoms with van der Waals surface area (Å²) in [6.07, 6.45) is 3.04. The molecule has 0 radical (unpaired) electrons. The van der Waals surface area contributed by atoms with E-state index in [2.05, 4.69) is 5.32 Å². The maximum absolute atomic E-state index is 12.7. The summed E-state index contributed by atoms with van der Waals surface area (Å²) < 4.78 is 32.1. The van der Waals surface area contributed by atoms with Crippen molar-refractivity contribution >= 4 is 21.6 Å². The number of nitrogens with one attached hydrogen (secondary N) is 1. The van der Waals surface area contributed by atoms with Crippen LogP contribution in [0.4, 0.5) is 5.69 Å². The highest BCUT2D eigenvalue weighted by molar-refractivity contribution is 7.89. The number of carbonyl (C=O) groups excluding carboxylic acids is 1. The van der Waals surface area contributed by atoms with Crippen molar-refractivity contribution in [1.82, 2.24) is 4.31 Å². The van der Waals surface area contributed by atoms with E-state index in [1.165, 1.54) is 0 Å². The fraction of sp³-hybridized carbons (Fsp3) is 0.350. The van der Waals surface area contributed by atoms with Crippen LogP contribution in [0.15, 0.2) is 53.4 Å². The molecular formula is C20H24N2O4S. The van der Waals surface area contributed by atoms with Crippen molar-refractivity contribution < 1.29 is 17.9 Å². The van der Waals surface area contributed by atoms with Gasteiger partial charge in [-0.1, -0.05) is 30.7 Å². The molecule has 1 fully saturated rings. The predicted octanol–water partition coefficient (Wildman–Crippen LogP) is 3.05. The van der Waals surface area contributed by atoms with Crippen LogP contribution < -0.4 is 10.1 Å². The Kier molecular flexibility index (Phi) is 6.13. The highest BCUT2D eigenvalue weighted by Crippen LogP contribution is 2.24. The molecule has 7 heteroatoms. The Labute approximate surface area is 160 Å². The molecule has 0 aromatic heterocycles. The standard InChI is InChI=1S/C20H24N2O4S/c1-26-19-8-4-3-7-18(19)21-20(23)15-16-9-11-17(12-10-16)27(24,25)22-13-5-2-6-14-22/h3-4,7-12H,2,5-6,13-15H2,1H3,(H,21,23). The van der Waals surface area contributed by atoms with Gasteiger partial charge in [0, 0.05) is 13.1 Å². The van der Waals surface area contributed by atoms with Crippen molar-refractivity contribution in [2.24, 2.45) is 0 Å². The molecule has 0 saturated carbocycles. The Morgan fingerprint density at radius 3 is 2.37 bits per heavy atom. The van der Waals surface area contributed by atoms with Gasteiger partial charge in [-0.2, -0.15) is 4.31 Å². The molecular weight excluding hydrogens is 364 g/mol. The van der Waals surface area contributed by atoms with Crippen molar-refractivity contribution in [2.45, 2.75) is 30.6 Å². The summed E-state index contributed by atoms with van der Waals surface area (Å²) in [5.74, 6) is 0.403. The van der Waals surface area contributed by atoms with Crippen molar-refractivity contribution in [3.05, 3.63) is 54.1 Å². The second-order valence-electron chi connectivity index (χ2n) is 6.53. The van der Waals surface area contributed by atoms with Gasteiger partial charge >= 0.3 is 0 Å². The topological polar surface area (TPSA) is 75.7 Å². The molecule has 0 aliphatic carbocycles. The zero-order valence-electron chi connectivity index (χ0n) is 15.3. The largest absolute Gasteiger partial charge is 0.495 e. The van der Waals surface area contributed by atoms with Gasteiger partial charge in [0.25, 0.3) is 0 Å². The summed E-state index contributed by atoms with van der Waals surface area (Å²) in [6, 6.07) is 13.7. The van der Waals surface area contributed by atoms with E-state index in [4.69, 9.17) is 4.74 Å². The first-order chi connectivity index (χ1) is 13.0. The van der Waals surface area contributed by atoms with Crippen LogP contribution in [0.3, 0.4) is 0 Å². The first-order valence-electron chi connectivity index (χ1n) is 9.02. The van der Waals surface area contributed by atoms with Gasteiger partial charge < -0.3 is 10.1 Å². The average Bonchev–Trinajstić information content (AvgIpc) is 2.69. The normalized spacial score (nSPS) is 15.3. The molecule has 1 saturated heterocycles. The van der Waals surface area contributed by atoms with Crippen LogP contribution in [0.1, 0.15) is 24.8 Å². The van der Waals surface area contributed by atoms with E-state index in [0.29, 0.717) is 24.5 Å². The number of nitrogens with zero attached hydrogens (tertiary/aromatic N) is 1. The molecule has 27 heavy (non-hydrogen) atoms. The molecule has 2 aromatic rings. The van der Waals surface area contributed by atoms with E-state index in [-0.39, 0.29) is 17.2 Å². The third-order valence-electron chi connectivity index (χ3n) is 4.62. The summed E-state index contributed by atoms with van der Waals surface area (Å²) in [5.41, 5.74) is 1.36. The van der Waals surface area contributed by atoms with Gasteiger partial charge in [-0.05, 0) is 42.7 Å². The highest BCUT2D eigenvalue weighted by Gasteiger charge is 2.25. The first-order valence-corrected chi connectivity index (χ1v) is 10.5. The molecule has 1 aliphatic rings. The number of hydrogen-bond acceptors (Lipinski definition) is 4. The van der Waals surface area contributed by atoms with Crippen LogP contribution >= 0.6 is 0 Å². The molecule has 0 unspecified atom stereocenters.